The summed E-state index contributed by atoms with van der Waals surface area (Å²) in [6.07, 6.45) is -1.58. The lowest BCUT2D eigenvalue weighted by Gasteiger charge is -2.39. The predicted octanol–water partition coefficient (Wildman–Crippen LogP) is 6.47. The minimum Gasteiger partial charge on any atom is -0.481 e. The number of nitrogens with one attached hydrogen (secondary N) is 2. The fourth-order valence-corrected chi connectivity index (χ4v) is 5.53. The molecule has 3 rings (SSSR count). The Bertz CT molecular complexity index is 1300. The second-order valence-corrected chi connectivity index (χ2v) is 11.9. The Morgan fingerprint density at radius 3 is 2.17 bits per heavy atom. The second-order valence-electron chi connectivity index (χ2n) is 11.9. The van der Waals surface area contributed by atoms with Crippen molar-refractivity contribution in [3.05, 3.63) is 69.3 Å². The molecule has 0 heterocycles. The Balaban J connectivity index is 1.82. The molecule has 0 aromatic heterocycles. The molecule has 0 spiro atoms. The van der Waals surface area contributed by atoms with Gasteiger partial charge in [0.1, 0.15) is 5.56 Å². The van der Waals surface area contributed by atoms with E-state index in [1.165, 1.54) is 0 Å². The number of nitro benzene ring substituents is 1. The lowest BCUT2D eigenvalue weighted by molar-refractivity contribution is -0.388. The number of carboxylic acids is 1. The fraction of sp³-hybridized carbons (Fsp3) is 0.500. The third-order valence-electron chi connectivity index (χ3n) is 7.96. The summed E-state index contributed by atoms with van der Waals surface area (Å²) in [6.45, 7) is 6.51. The number of carbonyl (C=O) groups is 3. The van der Waals surface area contributed by atoms with Gasteiger partial charge in [-0.1, -0.05) is 32.9 Å². The SMILES string of the molecule is CC(C)(C)C1CCC(C(Cc2ccc(C(=O)NCCC(=O)O)cc2)C(=O)Nc2ccc([N+](=O)[O-])c(C(F)(F)F)c2)CC1. The van der Waals surface area contributed by atoms with Crippen LogP contribution in [0.2, 0.25) is 0 Å². The molecule has 1 aliphatic carbocycles. The van der Waals surface area contributed by atoms with Crippen LogP contribution in [0.25, 0.3) is 0 Å². The van der Waals surface area contributed by atoms with Crippen molar-refractivity contribution in [3.8, 4) is 0 Å². The number of nitro groups is 1. The van der Waals surface area contributed by atoms with Crippen LogP contribution in [-0.4, -0.2) is 34.4 Å². The number of alkyl halides is 3. The van der Waals surface area contributed by atoms with E-state index in [0.29, 0.717) is 17.5 Å². The number of halogens is 3. The zero-order chi connectivity index (χ0) is 31.2. The Kier molecular flexibility index (Phi) is 10.3. The molecular weight excluding hydrogens is 555 g/mol. The number of rotatable bonds is 10. The van der Waals surface area contributed by atoms with Gasteiger partial charge in [0.25, 0.3) is 11.6 Å². The minimum absolute atomic E-state index is 0.0197. The topological polar surface area (TPSA) is 139 Å². The smallest absolute Gasteiger partial charge is 0.423 e. The number of nitrogens with zero attached hydrogens (tertiary/aromatic N) is 1. The highest BCUT2D eigenvalue weighted by Crippen LogP contribution is 2.43. The first-order valence-corrected chi connectivity index (χ1v) is 13.8. The Morgan fingerprint density at radius 2 is 1.64 bits per heavy atom. The average Bonchev–Trinajstić information content (AvgIpc) is 2.90. The molecule has 1 saturated carbocycles. The van der Waals surface area contributed by atoms with Gasteiger partial charge in [-0.3, -0.25) is 24.5 Å². The zero-order valence-corrected chi connectivity index (χ0v) is 23.8. The molecule has 2 aromatic carbocycles. The third-order valence-corrected chi connectivity index (χ3v) is 7.96. The maximum Gasteiger partial charge on any atom is 0.423 e. The van der Waals surface area contributed by atoms with Crippen molar-refractivity contribution in [3.63, 3.8) is 0 Å². The van der Waals surface area contributed by atoms with E-state index >= 15 is 0 Å². The highest BCUT2D eigenvalue weighted by Gasteiger charge is 2.39. The van der Waals surface area contributed by atoms with Gasteiger partial charge in [0.15, 0.2) is 0 Å². The number of carbonyl (C=O) groups excluding carboxylic acids is 2. The maximum atomic E-state index is 13.6. The van der Waals surface area contributed by atoms with Crippen LogP contribution in [0.4, 0.5) is 24.5 Å². The van der Waals surface area contributed by atoms with Crippen LogP contribution in [-0.2, 0) is 22.2 Å². The molecule has 42 heavy (non-hydrogen) atoms. The number of carboxylic acid groups (broad SMARTS) is 1. The number of anilines is 1. The zero-order valence-electron chi connectivity index (χ0n) is 23.8. The minimum atomic E-state index is -4.98. The van der Waals surface area contributed by atoms with Gasteiger partial charge in [0.05, 0.1) is 11.3 Å². The average molecular weight is 592 g/mol. The summed E-state index contributed by atoms with van der Waals surface area (Å²) in [5, 5.41) is 25.0. The van der Waals surface area contributed by atoms with E-state index in [0.717, 1.165) is 43.4 Å². The number of benzene rings is 2. The first-order valence-electron chi connectivity index (χ1n) is 13.8. The Hall–Kier alpha value is -3.96. The van der Waals surface area contributed by atoms with Gasteiger partial charge in [0, 0.05) is 29.8 Å². The van der Waals surface area contributed by atoms with Crippen molar-refractivity contribution in [2.75, 3.05) is 11.9 Å². The quantitative estimate of drug-likeness (QED) is 0.214. The van der Waals surface area contributed by atoms with Crippen LogP contribution in [0, 0.1) is 33.3 Å². The molecule has 0 aliphatic heterocycles. The number of amides is 2. The summed E-state index contributed by atoms with van der Waals surface area (Å²) in [5.74, 6) is -2.11. The van der Waals surface area contributed by atoms with E-state index in [1.54, 1.807) is 24.3 Å². The van der Waals surface area contributed by atoms with Crippen molar-refractivity contribution in [1.29, 1.82) is 0 Å². The molecule has 1 atom stereocenters. The number of hydrogen-bond acceptors (Lipinski definition) is 5. The third kappa shape index (κ3) is 8.77. The van der Waals surface area contributed by atoms with Gasteiger partial charge < -0.3 is 15.7 Å². The van der Waals surface area contributed by atoms with E-state index < -0.39 is 46.1 Å². The van der Waals surface area contributed by atoms with Crippen LogP contribution < -0.4 is 10.6 Å². The molecule has 3 N–H and O–H groups in total. The van der Waals surface area contributed by atoms with Crippen LogP contribution in [0.3, 0.4) is 0 Å². The van der Waals surface area contributed by atoms with Crippen LogP contribution >= 0.6 is 0 Å². The molecule has 228 valence electrons. The van der Waals surface area contributed by atoms with Gasteiger partial charge in [0.2, 0.25) is 5.91 Å². The first-order chi connectivity index (χ1) is 19.6. The van der Waals surface area contributed by atoms with Crippen molar-refractivity contribution in [2.24, 2.45) is 23.2 Å². The van der Waals surface area contributed by atoms with Gasteiger partial charge >= 0.3 is 12.1 Å². The lowest BCUT2D eigenvalue weighted by atomic mass is 9.66. The molecule has 2 amide bonds. The van der Waals surface area contributed by atoms with Gasteiger partial charge in [-0.15, -0.1) is 0 Å². The molecule has 0 bridgehead atoms. The summed E-state index contributed by atoms with van der Waals surface area (Å²) in [6, 6.07) is 8.95. The molecule has 9 nitrogen and oxygen atoms in total. The second kappa shape index (κ2) is 13.3. The molecule has 0 radical (unpaired) electrons. The molecular formula is C30H36F3N3O6. The van der Waals surface area contributed by atoms with Gasteiger partial charge in [-0.2, -0.15) is 13.2 Å². The van der Waals surface area contributed by atoms with Crippen molar-refractivity contribution >= 4 is 29.2 Å². The van der Waals surface area contributed by atoms with Gasteiger partial charge in [-0.25, -0.2) is 0 Å². The van der Waals surface area contributed by atoms with Gasteiger partial charge in [-0.05, 0) is 79.2 Å². The maximum absolute atomic E-state index is 13.6. The standard InChI is InChI=1S/C30H36F3N3O6/c1-29(2,3)21-10-8-19(9-11-21)23(16-18-4-6-20(7-5-18)27(39)34-15-14-26(37)38)28(40)35-22-12-13-25(36(41)42)24(17-22)30(31,32)33/h4-7,12-13,17,19,21,23H,8-11,14-16H2,1-3H3,(H,34,39)(H,35,40)(H,37,38). The molecule has 2 aromatic rings. The van der Waals surface area contributed by atoms with E-state index in [9.17, 15) is 37.7 Å². The van der Waals surface area contributed by atoms with E-state index in [4.69, 9.17) is 5.11 Å². The van der Waals surface area contributed by atoms with Crippen LogP contribution in [0.1, 0.15) is 74.4 Å². The van der Waals surface area contributed by atoms with Crippen LogP contribution in [0.15, 0.2) is 42.5 Å². The Labute approximate surface area is 242 Å². The van der Waals surface area contributed by atoms with Crippen LogP contribution in [0.5, 0.6) is 0 Å². The summed E-state index contributed by atoms with van der Waals surface area (Å²) in [4.78, 5) is 46.6. The molecule has 1 fully saturated rings. The first kappa shape index (κ1) is 32.6. The highest BCUT2D eigenvalue weighted by molar-refractivity contribution is 5.95. The van der Waals surface area contributed by atoms with E-state index in [1.807, 2.05) is 0 Å². The summed E-state index contributed by atoms with van der Waals surface area (Å²) < 4.78 is 40.6. The summed E-state index contributed by atoms with van der Waals surface area (Å²) in [5.41, 5.74) is -1.54. The normalized spacial score (nSPS) is 18.1. The molecule has 0 saturated heterocycles. The largest absolute Gasteiger partial charge is 0.481 e. The summed E-state index contributed by atoms with van der Waals surface area (Å²) >= 11 is 0. The summed E-state index contributed by atoms with van der Waals surface area (Å²) in [7, 11) is 0. The Morgan fingerprint density at radius 1 is 1.02 bits per heavy atom. The van der Waals surface area contributed by atoms with Crippen molar-refractivity contribution in [1.82, 2.24) is 5.32 Å². The van der Waals surface area contributed by atoms with E-state index in [-0.39, 0.29) is 36.4 Å². The van der Waals surface area contributed by atoms with Crippen molar-refractivity contribution in [2.45, 2.75) is 65.5 Å². The van der Waals surface area contributed by atoms with E-state index in [2.05, 4.69) is 31.4 Å². The number of hydrogen-bond donors (Lipinski definition) is 3. The van der Waals surface area contributed by atoms with Crippen molar-refractivity contribution < 1.29 is 37.6 Å². The number of aliphatic carboxylic acids is 1. The molecule has 1 aliphatic rings. The predicted molar refractivity (Wildman–Crippen MR) is 150 cm³/mol. The molecule has 12 heteroatoms. The molecule has 1 unspecified atom stereocenters. The lowest BCUT2D eigenvalue weighted by Crippen LogP contribution is -2.35. The monoisotopic (exact) mass is 591 g/mol. The highest BCUT2D eigenvalue weighted by atomic mass is 19.4. The fourth-order valence-electron chi connectivity index (χ4n) is 5.53.